The number of para-hydroxylation sites is 1. The van der Waals surface area contributed by atoms with Crippen LogP contribution in [0, 0.1) is 5.92 Å². The first kappa shape index (κ1) is 11.5. The van der Waals surface area contributed by atoms with Gasteiger partial charge in [0.15, 0.2) is 0 Å². The maximum absolute atomic E-state index is 3.59. The van der Waals surface area contributed by atoms with E-state index in [0.29, 0.717) is 5.92 Å². The Balaban J connectivity index is 1.74. The normalized spacial score (nSPS) is 17.1. The monoisotopic (exact) mass is 218 g/mol. The topological polar surface area (TPSA) is 15.3 Å². The van der Waals surface area contributed by atoms with Gasteiger partial charge in [0.25, 0.3) is 0 Å². The minimum absolute atomic E-state index is 0.700. The van der Waals surface area contributed by atoms with Crippen molar-refractivity contribution in [3.8, 4) is 0 Å². The van der Waals surface area contributed by atoms with E-state index in [9.17, 15) is 0 Å². The van der Waals surface area contributed by atoms with E-state index in [1.54, 1.807) is 0 Å². The van der Waals surface area contributed by atoms with Crippen LogP contribution in [0.1, 0.15) is 19.8 Å². The summed E-state index contributed by atoms with van der Waals surface area (Å²) in [5, 5.41) is 3.59. The fourth-order valence-corrected chi connectivity index (χ4v) is 1.98. The summed E-state index contributed by atoms with van der Waals surface area (Å²) >= 11 is 0. The lowest BCUT2D eigenvalue weighted by atomic mass is 10.1. The van der Waals surface area contributed by atoms with Crippen LogP contribution in [0.2, 0.25) is 0 Å². The van der Waals surface area contributed by atoms with Crippen LogP contribution in [0.25, 0.3) is 0 Å². The van der Waals surface area contributed by atoms with Crippen LogP contribution in [0.15, 0.2) is 30.3 Å². The molecule has 0 aromatic heterocycles. The van der Waals surface area contributed by atoms with E-state index < -0.39 is 0 Å². The number of nitrogens with zero attached hydrogens (tertiary/aromatic N) is 1. The lowest BCUT2D eigenvalue weighted by Gasteiger charge is -2.23. The third-order valence-corrected chi connectivity index (χ3v) is 3.11. The predicted molar refractivity (Wildman–Crippen MR) is 69.9 cm³/mol. The number of anilines is 1. The van der Waals surface area contributed by atoms with Crippen LogP contribution in [-0.2, 0) is 0 Å². The van der Waals surface area contributed by atoms with Crippen molar-refractivity contribution in [2.75, 3.05) is 25.0 Å². The Bertz CT molecular complexity index is 306. The number of benzene rings is 1. The fraction of sp³-hybridized carbons (Fsp3) is 0.571. The van der Waals surface area contributed by atoms with E-state index >= 15 is 0 Å². The molecule has 2 nitrogen and oxygen atoms in total. The van der Waals surface area contributed by atoms with E-state index in [1.807, 2.05) is 0 Å². The molecule has 0 radical (unpaired) electrons. The molecule has 1 aliphatic carbocycles. The first-order valence-corrected chi connectivity index (χ1v) is 6.25. The van der Waals surface area contributed by atoms with Crippen molar-refractivity contribution in [3.63, 3.8) is 0 Å². The summed E-state index contributed by atoms with van der Waals surface area (Å²) in [5.74, 6) is 0.700. The molecule has 2 heteroatoms. The molecule has 1 aromatic rings. The third-order valence-electron chi connectivity index (χ3n) is 3.11. The Kier molecular flexibility index (Phi) is 3.83. The Morgan fingerprint density at radius 2 is 2.00 bits per heavy atom. The van der Waals surface area contributed by atoms with Gasteiger partial charge >= 0.3 is 0 Å². The van der Waals surface area contributed by atoms with E-state index in [0.717, 1.165) is 19.1 Å². The van der Waals surface area contributed by atoms with Gasteiger partial charge in [-0.1, -0.05) is 25.1 Å². The van der Waals surface area contributed by atoms with Gasteiger partial charge in [-0.2, -0.15) is 0 Å². The summed E-state index contributed by atoms with van der Waals surface area (Å²) < 4.78 is 0. The van der Waals surface area contributed by atoms with Gasteiger partial charge in [-0.15, -0.1) is 0 Å². The molecule has 1 aliphatic rings. The molecule has 1 saturated carbocycles. The predicted octanol–water partition coefficient (Wildman–Crippen LogP) is 2.51. The molecule has 0 bridgehead atoms. The molecule has 0 heterocycles. The van der Waals surface area contributed by atoms with Gasteiger partial charge in [0, 0.05) is 25.3 Å². The average Bonchev–Trinajstić information content (AvgIpc) is 3.11. The van der Waals surface area contributed by atoms with Crippen molar-refractivity contribution in [1.82, 2.24) is 5.32 Å². The molecule has 1 aromatic carbocycles. The number of nitrogens with one attached hydrogen (secondary N) is 1. The summed E-state index contributed by atoms with van der Waals surface area (Å²) in [6.07, 6.45) is 2.75. The molecule has 16 heavy (non-hydrogen) atoms. The van der Waals surface area contributed by atoms with Gasteiger partial charge in [0.1, 0.15) is 0 Å². The Morgan fingerprint density at radius 1 is 1.31 bits per heavy atom. The molecule has 1 N–H and O–H groups in total. The quantitative estimate of drug-likeness (QED) is 0.789. The molecule has 0 saturated heterocycles. The lowest BCUT2D eigenvalue weighted by molar-refractivity contribution is 0.511. The second-order valence-electron chi connectivity index (χ2n) is 5.00. The second kappa shape index (κ2) is 5.35. The highest BCUT2D eigenvalue weighted by atomic mass is 15.1. The van der Waals surface area contributed by atoms with Crippen molar-refractivity contribution < 1.29 is 0 Å². The molecule has 1 atom stereocenters. The smallest absolute Gasteiger partial charge is 0.0363 e. The number of hydrogen-bond donors (Lipinski definition) is 1. The Hall–Kier alpha value is -1.02. The Labute approximate surface area is 98.7 Å². The zero-order chi connectivity index (χ0) is 11.4. The maximum atomic E-state index is 3.59. The van der Waals surface area contributed by atoms with E-state index in [2.05, 4.69) is 54.5 Å². The summed E-state index contributed by atoms with van der Waals surface area (Å²) in [6.45, 7) is 4.57. The minimum atomic E-state index is 0.700. The van der Waals surface area contributed by atoms with Crippen molar-refractivity contribution in [2.45, 2.75) is 25.8 Å². The fourth-order valence-electron chi connectivity index (χ4n) is 1.98. The van der Waals surface area contributed by atoms with Gasteiger partial charge in [0.05, 0.1) is 0 Å². The van der Waals surface area contributed by atoms with Crippen LogP contribution in [0.5, 0.6) is 0 Å². The zero-order valence-corrected chi connectivity index (χ0v) is 10.3. The van der Waals surface area contributed by atoms with Crippen LogP contribution in [-0.4, -0.2) is 26.2 Å². The van der Waals surface area contributed by atoms with Gasteiger partial charge in [-0.25, -0.2) is 0 Å². The van der Waals surface area contributed by atoms with E-state index in [-0.39, 0.29) is 0 Å². The van der Waals surface area contributed by atoms with Crippen molar-refractivity contribution in [2.24, 2.45) is 5.92 Å². The second-order valence-corrected chi connectivity index (χ2v) is 5.00. The highest BCUT2D eigenvalue weighted by Gasteiger charge is 2.21. The highest BCUT2D eigenvalue weighted by molar-refractivity contribution is 5.44. The lowest BCUT2D eigenvalue weighted by Crippen LogP contribution is -2.31. The first-order valence-electron chi connectivity index (χ1n) is 6.25. The Morgan fingerprint density at radius 3 is 2.62 bits per heavy atom. The van der Waals surface area contributed by atoms with E-state index in [4.69, 9.17) is 0 Å². The van der Waals surface area contributed by atoms with Crippen LogP contribution in [0.4, 0.5) is 5.69 Å². The molecule has 2 rings (SSSR count). The van der Waals surface area contributed by atoms with Crippen LogP contribution in [0.3, 0.4) is 0 Å². The SMILES string of the molecule is CC(CNC1CC1)CN(C)c1ccccc1. The van der Waals surface area contributed by atoms with Gasteiger partial charge in [-0.05, 0) is 37.4 Å². The van der Waals surface area contributed by atoms with Crippen molar-refractivity contribution in [1.29, 1.82) is 0 Å². The number of hydrogen-bond acceptors (Lipinski definition) is 2. The van der Waals surface area contributed by atoms with E-state index in [1.165, 1.54) is 18.5 Å². The molecule has 1 unspecified atom stereocenters. The standard InChI is InChI=1S/C14H22N2/c1-12(10-15-13-8-9-13)11-16(2)14-6-4-3-5-7-14/h3-7,12-13,15H,8-11H2,1-2H3. The number of rotatable bonds is 6. The zero-order valence-electron chi connectivity index (χ0n) is 10.3. The summed E-state index contributed by atoms with van der Waals surface area (Å²) in [7, 11) is 2.17. The molecular weight excluding hydrogens is 196 g/mol. The van der Waals surface area contributed by atoms with Gasteiger partial charge in [0.2, 0.25) is 0 Å². The summed E-state index contributed by atoms with van der Waals surface area (Å²) in [6, 6.07) is 11.4. The van der Waals surface area contributed by atoms with Crippen LogP contribution < -0.4 is 10.2 Å². The molecule has 88 valence electrons. The molecule has 0 spiro atoms. The molecule has 1 fully saturated rings. The first-order chi connectivity index (χ1) is 7.75. The minimum Gasteiger partial charge on any atom is -0.374 e. The van der Waals surface area contributed by atoms with Crippen LogP contribution >= 0.6 is 0 Å². The van der Waals surface area contributed by atoms with Crippen molar-refractivity contribution in [3.05, 3.63) is 30.3 Å². The maximum Gasteiger partial charge on any atom is 0.0363 e. The third kappa shape index (κ3) is 3.53. The van der Waals surface area contributed by atoms with Gasteiger partial charge < -0.3 is 10.2 Å². The van der Waals surface area contributed by atoms with Crippen molar-refractivity contribution >= 4 is 5.69 Å². The molecular formula is C14H22N2. The summed E-state index contributed by atoms with van der Waals surface area (Å²) in [5.41, 5.74) is 1.31. The van der Waals surface area contributed by atoms with Gasteiger partial charge in [-0.3, -0.25) is 0 Å². The highest BCUT2D eigenvalue weighted by Crippen LogP contribution is 2.19. The average molecular weight is 218 g/mol. The largest absolute Gasteiger partial charge is 0.374 e. The molecule has 0 aliphatic heterocycles. The molecule has 0 amide bonds. The summed E-state index contributed by atoms with van der Waals surface area (Å²) in [4.78, 5) is 2.33.